The van der Waals surface area contributed by atoms with Crippen molar-refractivity contribution in [2.75, 3.05) is 11.4 Å². The summed E-state index contributed by atoms with van der Waals surface area (Å²) in [5.41, 5.74) is 6.33. The fourth-order valence-electron chi connectivity index (χ4n) is 1.99. The second-order valence-electron chi connectivity index (χ2n) is 4.56. The summed E-state index contributed by atoms with van der Waals surface area (Å²) in [7, 11) is 0. The Morgan fingerprint density at radius 3 is 2.84 bits per heavy atom. The van der Waals surface area contributed by atoms with Crippen molar-refractivity contribution in [3.05, 3.63) is 30.1 Å². The lowest BCUT2D eigenvalue weighted by Crippen LogP contribution is -2.39. The van der Waals surface area contributed by atoms with Crippen molar-refractivity contribution in [1.29, 1.82) is 0 Å². The van der Waals surface area contributed by atoms with Gasteiger partial charge in [0.05, 0.1) is 6.54 Å². The van der Waals surface area contributed by atoms with E-state index in [0.29, 0.717) is 17.2 Å². The molecule has 0 radical (unpaired) electrons. The third-order valence-electron chi connectivity index (χ3n) is 2.88. The van der Waals surface area contributed by atoms with Gasteiger partial charge in [-0.15, -0.1) is 0 Å². The standard InChI is InChI=1S/C13H16N4O2/c1-9(2)17(7-11(14)19)13-10(8-18)16-6-4-3-5-12(16)15-13/h3-6,8-9H,7H2,1-2H3,(H2,14,19). The van der Waals surface area contributed by atoms with Crippen molar-refractivity contribution in [1.82, 2.24) is 9.38 Å². The molecule has 0 bridgehead atoms. The fourth-order valence-corrected chi connectivity index (χ4v) is 1.99. The number of nitrogens with two attached hydrogens (primary N) is 1. The molecule has 0 spiro atoms. The number of aldehydes is 1. The van der Waals surface area contributed by atoms with E-state index in [4.69, 9.17) is 5.73 Å². The average Bonchev–Trinajstić information content (AvgIpc) is 2.73. The van der Waals surface area contributed by atoms with Crippen LogP contribution in [0, 0.1) is 0 Å². The number of rotatable bonds is 5. The van der Waals surface area contributed by atoms with Gasteiger partial charge < -0.3 is 10.6 Å². The van der Waals surface area contributed by atoms with Crippen LogP contribution in [0.25, 0.3) is 5.65 Å². The van der Waals surface area contributed by atoms with Gasteiger partial charge in [-0.3, -0.25) is 14.0 Å². The summed E-state index contributed by atoms with van der Waals surface area (Å²) >= 11 is 0. The fraction of sp³-hybridized carbons (Fsp3) is 0.308. The number of fused-ring (bicyclic) bond motifs is 1. The average molecular weight is 260 g/mol. The first-order valence-electron chi connectivity index (χ1n) is 6.01. The summed E-state index contributed by atoms with van der Waals surface area (Å²) in [6, 6.07) is 5.48. The minimum Gasteiger partial charge on any atom is -0.368 e. The molecule has 2 N–H and O–H groups in total. The number of nitrogens with zero attached hydrogens (tertiary/aromatic N) is 3. The molecule has 1 amide bonds. The number of pyridine rings is 1. The molecule has 19 heavy (non-hydrogen) atoms. The Morgan fingerprint density at radius 2 is 2.26 bits per heavy atom. The Bertz CT molecular complexity index is 618. The van der Waals surface area contributed by atoms with Crippen LogP contribution in [0.1, 0.15) is 24.3 Å². The van der Waals surface area contributed by atoms with E-state index in [9.17, 15) is 9.59 Å². The molecule has 0 unspecified atom stereocenters. The topological polar surface area (TPSA) is 80.7 Å². The van der Waals surface area contributed by atoms with Gasteiger partial charge in [0.2, 0.25) is 5.91 Å². The molecule has 2 aromatic heterocycles. The molecule has 0 aliphatic rings. The summed E-state index contributed by atoms with van der Waals surface area (Å²) in [4.78, 5) is 28.6. The van der Waals surface area contributed by atoms with Crippen LogP contribution in [-0.4, -0.2) is 34.2 Å². The maximum absolute atomic E-state index is 11.3. The number of carbonyl (C=O) groups is 2. The maximum atomic E-state index is 11.3. The van der Waals surface area contributed by atoms with Crippen molar-refractivity contribution in [2.45, 2.75) is 19.9 Å². The summed E-state index contributed by atoms with van der Waals surface area (Å²) in [6.45, 7) is 3.87. The van der Waals surface area contributed by atoms with Gasteiger partial charge in [0, 0.05) is 12.2 Å². The van der Waals surface area contributed by atoms with Gasteiger partial charge in [-0.2, -0.15) is 0 Å². The van der Waals surface area contributed by atoms with Crippen LogP contribution < -0.4 is 10.6 Å². The Kier molecular flexibility index (Phi) is 3.50. The lowest BCUT2D eigenvalue weighted by molar-refractivity contribution is -0.116. The second kappa shape index (κ2) is 5.09. The van der Waals surface area contributed by atoms with Crippen molar-refractivity contribution in [3.8, 4) is 0 Å². The Morgan fingerprint density at radius 1 is 1.53 bits per heavy atom. The molecule has 2 heterocycles. The Labute approximate surface area is 110 Å². The predicted molar refractivity (Wildman–Crippen MR) is 72.3 cm³/mol. The molecule has 0 aliphatic heterocycles. The van der Waals surface area contributed by atoms with Gasteiger partial charge in [-0.05, 0) is 26.0 Å². The highest BCUT2D eigenvalue weighted by Crippen LogP contribution is 2.21. The minimum absolute atomic E-state index is 0.0103. The van der Waals surface area contributed by atoms with E-state index in [0.717, 1.165) is 6.29 Å². The van der Waals surface area contributed by atoms with Gasteiger partial charge >= 0.3 is 0 Å². The first-order chi connectivity index (χ1) is 9.04. The van der Waals surface area contributed by atoms with Crippen LogP contribution in [0.3, 0.4) is 0 Å². The summed E-state index contributed by atoms with van der Waals surface area (Å²) in [6.07, 6.45) is 2.50. The van der Waals surface area contributed by atoms with Crippen molar-refractivity contribution >= 4 is 23.7 Å². The highest BCUT2D eigenvalue weighted by molar-refractivity contribution is 5.86. The number of hydrogen-bond acceptors (Lipinski definition) is 4. The van der Waals surface area contributed by atoms with Crippen LogP contribution in [0.2, 0.25) is 0 Å². The number of anilines is 1. The molecular weight excluding hydrogens is 244 g/mol. The Hall–Kier alpha value is -2.37. The molecule has 0 saturated carbocycles. The first-order valence-corrected chi connectivity index (χ1v) is 6.01. The SMILES string of the molecule is CC(C)N(CC(N)=O)c1nc2ccccn2c1C=O. The molecule has 100 valence electrons. The van der Waals surface area contributed by atoms with Crippen molar-refractivity contribution < 1.29 is 9.59 Å². The maximum Gasteiger partial charge on any atom is 0.237 e. The normalized spacial score (nSPS) is 10.9. The summed E-state index contributed by atoms with van der Waals surface area (Å²) in [5, 5.41) is 0. The summed E-state index contributed by atoms with van der Waals surface area (Å²) in [5.74, 6) is 0.0256. The van der Waals surface area contributed by atoms with E-state index < -0.39 is 5.91 Å². The van der Waals surface area contributed by atoms with E-state index in [2.05, 4.69) is 4.98 Å². The number of aromatic nitrogens is 2. The van der Waals surface area contributed by atoms with E-state index in [-0.39, 0.29) is 12.6 Å². The van der Waals surface area contributed by atoms with Crippen molar-refractivity contribution in [2.24, 2.45) is 5.73 Å². The monoisotopic (exact) mass is 260 g/mol. The highest BCUT2D eigenvalue weighted by Gasteiger charge is 2.21. The van der Waals surface area contributed by atoms with Crippen LogP contribution in [0.4, 0.5) is 5.82 Å². The van der Waals surface area contributed by atoms with Gasteiger partial charge in [0.25, 0.3) is 0 Å². The van der Waals surface area contributed by atoms with Gasteiger partial charge in [0.1, 0.15) is 11.3 Å². The molecule has 2 rings (SSSR count). The van der Waals surface area contributed by atoms with Gasteiger partial charge in [0.15, 0.2) is 12.1 Å². The number of hydrogen-bond donors (Lipinski definition) is 1. The number of amides is 1. The zero-order chi connectivity index (χ0) is 14.0. The molecular formula is C13H16N4O2. The van der Waals surface area contributed by atoms with Crippen molar-refractivity contribution in [3.63, 3.8) is 0 Å². The van der Waals surface area contributed by atoms with Crippen LogP contribution in [0.5, 0.6) is 0 Å². The first kappa shape index (κ1) is 13.1. The third kappa shape index (κ3) is 2.42. The molecule has 0 saturated heterocycles. The quantitative estimate of drug-likeness (QED) is 0.808. The van der Waals surface area contributed by atoms with Crippen LogP contribution in [-0.2, 0) is 4.79 Å². The minimum atomic E-state index is -0.456. The molecule has 0 aliphatic carbocycles. The summed E-state index contributed by atoms with van der Waals surface area (Å²) < 4.78 is 1.69. The van der Waals surface area contributed by atoms with Crippen LogP contribution in [0.15, 0.2) is 24.4 Å². The smallest absolute Gasteiger partial charge is 0.237 e. The van der Waals surface area contributed by atoms with E-state index in [1.807, 2.05) is 26.0 Å². The highest BCUT2D eigenvalue weighted by atomic mass is 16.1. The largest absolute Gasteiger partial charge is 0.368 e. The zero-order valence-electron chi connectivity index (χ0n) is 10.9. The number of imidazole rings is 1. The number of primary amides is 1. The second-order valence-corrected chi connectivity index (χ2v) is 4.56. The van der Waals surface area contributed by atoms with E-state index in [1.54, 1.807) is 21.6 Å². The molecule has 0 aromatic carbocycles. The number of carbonyl (C=O) groups excluding carboxylic acids is 2. The lowest BCUT2D eigenvalue weighted by Gasteiger charge is -2.25. The predicted octanol–water partition coefficient (Wildman–Crippen LogP) is 0.847. The van der Waals surface area contributed by atoms with E-state index >= 15 is 0 Å². The third-order valence-corrected chi connectivity index (χ3v) is 2.88. The molecule has 6 nitrogen and oxygen atoms in total. The molecule has 0 atom stereocenters. The molecule has 2 aromatic rings. The van der Waals surface area contributed by atoms with E-state index in [1.165, 1.54) is 0 Å². The van der Waals surface area contributed by atoms with Gasteiger partial charge in [-0.1, -0.05) is 6.07 Å². The zero-order valence-corrected chi connectivity index (χ0v) is 10.9. The lowest BCUT2D eigenvalue weighted by atomic mass is 10.3. The molecule has 0 fully saturated rings. The molecule has 6 heteroatoms. The van der Waals surface area contributed by atoms with Crippen LogP contribution >= 0.6 is 0 Å². The Balaban J connectivity index is 2.58. The van der Waals surface area contributed by atoms with Gasteiger partial charge in [-0.25, -0.2) is 4.98 Å².